The lowest BCUT2D eigenvalue weighted by molar-refractivity contribution is 1.67. The van der Waals surface area contributed by atoms with Gasteiger partial charge < -0.3 is 0 Å². The molecule has 0 aliphatic carbocycles. The minimum absolute atomic E-state index is 1.24. The van der Waals surface area contributed by atoms with Crippen LogP contribution in [0.25, 0.3) is 65.3 Å². The monoisotopic (exact) mass is 688 g/mol. The maximum absolute atomic E-state index is 2.62. The highest BCUT2D eigenvalue weighted by Crippen LogP contribution is 2.44. The molecule has 0 bridgehead atoms. The van der Waals surface area contributed by atoms with Crippen LogP contribution in [0.4, 0.5) is 0 Å². The molecule has 1 heteroatoms. The zero-order chi connectivity index (χ0) is 35.2. The first-order valence-corrected chi connectivity index (χ1v) is 20.4. The molecule has 10 rings (SSSR count). The van der Waals surface area contributed by atoms with E-state index in [-0.39, 0.29) is 0 Å². The van der Waals surface area contributed by atoms with Crippen molar-refractivity contribution in [1.82, 2.24) is 0 Å². The number of hydrogen-bond donors (Lipinski definition) is 0. The summed E-state index contributed by atoms with van der Waals surface area (Å²) in [4.78, 5) is 0. The van der Waals surface area contributed by atoms with Gasteiger partial charge in [-0.1, -0.05) is 206 Å². The van der Waals surface area contributed by atoms with Crippen LogP contribution in [0.5, 0.6) is 0 Å². The molecule has 0 heterocycles. The first kappa shape index (κ1) is 31.2. The van der Waals surface area contributed by atoms with E-state index in [0.717, 1.165) is 0 Å². The van der Waals surface area contributed by atoms with Gasteiger partial charge in [0.2, 0.25) is 0 Å². The minimum atomic E-state index is -2.62. The average molecular weight is 689 g/mol. The Kier molecular flexibility index (Phi) is 7.60. The van der Waals surface area contributed by atoms with E-state index in [4.69, 9.17) is 0 Å². The molecule has 0 saturated heterocycles. The topological polar surface area (TPSA) is 0 Å². The Balaban J connectivity index is 1.19. The SMILES string of the molecule is c1ccc([Si](c2ccccc2)(c2ccccc2)c2ccc3cc(-c4c5ccccc5c(-c5ccc6ccccc6c5)c5ccccc45)ccc3c2)cc1. The Morgan fingerprint density at radius 3 is 1.04 bits per heavy atom. The smallest absolute Gasteiger partial charge is 0.0623 e. The largest absolute Gasteiger partial charge is 0.179 e. The summed E-state index contributed by atoms with van der Waals surface area (Å²) < 4.78 is 0. The van der Waals surface area contributed by atoms with Crippen molar-refractivity contribution in [2.75, 3.05) is 0 Å². The van der Waals surface area contributed by atoms with E-state index in [9.17, 15) is 0 Å². The maximum Gasteiger partial charge on any atom is 0.179 e. The van der Waals surface area contributed by atoms with E-state index in [2.05, 4.69) is 218 Å². The van der Waals surface area contributed by atoms with Crippen LogP contribution in [-0.2, 0) is 0 Å². The van der Waals surface area contributed by atoms with E-state index >= 15 is 0 Å². The fourth-order valence-electron chi connectivity index (χ4n) is 8.79. The number of hydrogen-bond acceptors (Lipinski definition) is 0. The summed E-state index contributed by atoms with van der Waals surface area (Å²) in [6, 6.07) is 81.3. The molecular weight excluding hydrogens is 653 g/mol. The van der Waals surface area contributed by atoms with Gasteiger partial charge in [0.05, 0.1) is 0 Å². The van der Waals surface area contributed by atoms with Crippen LogP contribution in [-0.4, -0.2) is 8.07 Å². The van der Waals surface area contributed by atoms with Gasteiger partial charge in [-0.05, 0) is 98.2 Å². The summed E-state index contributed by atoms with van der Waals surface area (Å²) in [5.74, 6) is 0. The summed E-state index contributed by atoms with van der Waals surface area (Å²) in [6.07, 6.45) is 0. The molecule has 10 aromatic carbocycles. The van der Waals surface area contributed by atoms with E-state index in [1.807, 2.05) is 0 Å². The van der Waals surface area contributed by atoms with Crippen LogP contribution >= 0.6 is 0 Å². The van der Waals surface area contributed by atoms with Crippen molar-refractivity contribution in [3.05, 3.63) is 218 Å². The third-order valence-corrected chi connectivity index (χ3v) is 15.9. The molecular formula is C52H36Si. The highest BCUT2D eigenvalue weighted by atomic mass is 28.3. The van der Waals surface area contributed by atoms with Gasteiger partial charge in [-0.15, -0.1) is 0 Å². The molecule has 0 amide bonds. The molecule has 0 aliphatic heterocycles. The van der Waals surface area contributed by atoms with Gasteiger partial charge >= 0.3 is 0 Å². The van der Waals surface area contributed by atoms with E-state index in [1.54, 1.807) is 0 Å². The van der Waals surface area contributed by atoms with Crippen molar-refractivity contribution in [1.29, 1.82) is 0 Å². The van der Waals surface area contributed by atoms with Crippen LogP contribution in [0.15, 0.2) is 218 Å². The van der Waals surface area contributed by atoms with E-state index in [1.165, 1.54) is 86.1 Å². The summed E-state index contributed by atoms with van der Waals surface area (Å²) in [7, 11) is -2.62. The number of fused-ring (bicyclic) bond motifs is 4. The Morgan fingerprint density at radius 2 is 0.566 bits per heavy atom. The molecule has 0 N–H and O–H groups in total. The van der Waals surface area contributed by atoms with E-state index in [0.29, 0.717) is 0 Å². The van der Waals surface area contributed by atoms with Gasteiger partial charge in [-0.3, -0.25) is 0 Å². The number of rotatable bonds is 6. The highest BCUT2D eigenvalue weighted by molar-refractivity contribution is 7.20. The minimum Gasteiger partial charge on any atom is -0.0623 e. The lowest BCUT2D eigenvalue weighted by Gasteiger charge is -2.34. The second-order valence-corrected chi connectivity index (χ2v) is 17.8. The molecule has 10 aromatic rings. The molecule has 0 saturated carbocycles. The van der Waals surface area contributed by atoms with Crippen molar-refractivity contribution < 1.29 is 0 Å². The first-order chi connectivity index (χ1) is 26.3. The predicted molar refractivity (Wildman–Crippen MR) is 231 cm³/mol. The lowest BCUT2D eigenvalue weighted by Crippen LogP contribution is -2.74. The molecule has 0 spiro atoms. The zero-order valence-corrected chi connectivity index (χ0v) is 30.3. The van der Waals surface area contributed by atoms with Crippen LogP contribution in [0, 0.1) is 0 Å². The van der Waals surface area contributed by atoms with Gasteiger partial charge in [-0.2, -0.15) is 0 Å². The van der Waals surface area contributed by atoms with E-state index < -0.39 is 8.07 Å². The first-order valence-electron chi connectivity index (χ1n) is 18.4. The summed E-state index contributed by atoms with van der Waals surface area (Å²) in [5, 5.41) is 15.7. The normalized spacial score (nSPS) is 11.8. The van der Waals surface area contributed by atoms with Crippen LogP contribution in [0.1, 0.15) is 0 Å². The molecule has 53 heavy (non-hydrogen) atoms. The second kappa shape index (κ2) is 12.9. The van der Waals surface area contributed by atoms with Gasteiger partial charge in [0.1, 0.15) is 0 Å². The number of benzene rings is 10. The molecule has 0 aromatic heterocycles. The van der Waals surface area contributed by atoms with Gasteiger partial charge in [0.25, 0.3) is 0 Å². The summed E-state index contributed by atoms with van der Waals surface area (Å²) in [5.41, 5.74) is 5.06. The molecule has 0 nitrogen and oxygen atoms in total. The lowest BCUT2D eigenvalue weighted by atomic mass is 9.85. The van der Waals surface area contributed by atoms with Gasteiger partial charge in [-0.25, -0.2) is 0 Å². The molecule has 0 fully saturated rings. The third kappa shape index (κ3) is 5.12. The Hall–Kier alpha value is -6.54. The third-order valence-electron chi connectivity index (χ3n) is 11.2. The second-order valence-electron chi connectivity index (χ2n) is 14.0. The Morgan fingerprint density at radius 1 is 0.226 bits per heavy atom. The molecule has 0 radical (unpaired) electrons. The molecule has 0 aliphatic rings. The molecule has 248 valence electrons. The Labute approximate surface area is 311 Å². The van der Waals surface area contributed by atoms with Gasteiger partial charge in [0.15, 0.2) is 8.07 Å². The summed E-state index contributed by atoms with van der Waals surface area (Å²) in [6.45, 7) is 0. The maximum atomic E-state index is 2.47. The fourth-order valence-corrected chi connectivity index (χ4v) is 13.6. The van der Waals surface area contributed by atoms with Crippen molar-refractivity contribution >= 4 is 71.9 Å². The summed E-state index contributed by atoms with van der Waals surface area (Å²) >= 11 is 0. The quantitative estimate of drug-likeness (QED) is 0.0927. The molecule has 0 atom stereocenters. The van der Waals surface area contributed by atoms with Crippen LogP contribution in [0.3, 0.4) is 0 Å². The van der Waals surface area contributed by atoms with Crippen molar-refractivity contribution in [3.8, 4) is 22.3 Å². The fraction of sp³-hybridized carbons (Fsp3) is 0. The average Bonchev–Trinajstić information content (AvgIpc) is 3.24. The van der Waals surface area contributed by atoms with Crippen LogP contribution in [0.2, 0.25) is 0 Å². The Bertz CT molecular complexity index is 2780. The van der Waals surface area contributed by atoms with Gasteiger partial charge in [0, 0.05) is 0 Å². The van der Waals surface area contributed by atoms with Crippen molar-refractivity contribution in [2.45, 2.75) is 0 Å². The van der Waals surface area contributed by atoms with Crippen molar-refractivity contribution in [3.63, 3.8) is 0 Å². The highest BCUT2D eigenvalue weighted by Gasteiger charge is 2.41. The van der Waals surface area contributed by atoms with Crippen molar-refractivity contribution in [2.24, 2.45) is 0 Å². The zero-order valence-electron chi connectivity index (χ0n) is 29.3. The standard InChI is InChI=1S/C52H36Si/c1-4-18-43(19-5-1)53(44-20-6-2-7-21-44,45-22-8-3-9-23-45)46-33-32-39-35-42(31-29-40(39)36-46)52-49-26-14-12-24-47(49)51(48-25-13-15-27-50(48)52)41-30-28-37-16-10-11-17-38(37)34-41/h1-36H. The predicted octanol–water partition coefficient (Wildman–Crippen LogP) is 11.0. The molecule has 0 unspecified atom stereocenters. The van der Waals surface area contributed by atoms with Crippen LogP contribution < -0.4 is 20.7 Å².